The molecule has 11 heteroatoms. The zero-order valence-corrected chi connectivity index (χ0v) is 20.3. The number of likely N-dealkylation sites (N-methyl/N-ethyl adjacent to an activating group) is 1. The molecular weight excluding hydrogens is 455 g/mol. The Hall–Kier alpha value is -4.38. The molecule has 1 amide bonds. The second-order valence-electron chi connectivity index (χ2n) is 8.39. The highest BCUT2D eigenvalue weighted by Crippen LogP contribution is 2.25. The molecule has 1 aliphatic rings. The molecule has 3 aromatic rings. The van der Waals surface area contributed by atoms with E-state index in [0.717, 1.165) is 11.8 Å². The van der Waals surface area contributed by atoms with Crippen molar-refractivity contribution in [1.82, 2.24) is 15.3 Å². The van der Waals surface area contributed by atoms with Crippen LogP contribution in [0, 0.1) is 17.7 Å². The SMILES string of the molecule is Bc1ncnc(NCC2=NC(C=N)C(NC)C(=O)N2c2ccccc2C)c1C(=N)c1cccc(O)c1. The second-order valence-corrected chi connectivity index (χ2v) is 8.39. The highest BCUT2D eigenvalue weighted by Gasteiger charge is 2.38. The van der Waals surface area contributed by atoms with E-state index in [-0.39, 0.29) is 23.9 Å². The van der Waals surface area contributed by atoms with Crippen LogP contribution in [0.2, 0.25) is 0 Å². The third-order valence-corrected chi connectivity index (χ3v) is 6.06. The summed E-state index contributed by atoms with van der Waals surface area (Å²) < 4.78 is 0. The molecule has 2 unspecified atom stereocenters. The fraction of sp³-hybridized carbons (Fsp3) is 0.200. The Kier molecular flexibility index (Phi) is 7.21. The van der Waals surface area contributed by atoms with Crippen molar-refractivity contribution >= 4 is 48.6 Å². The molecule has 10 nitrogen and oxygen atoms in total. The Bertz CT molecular complexity index is 1360. The van der Waals surface area contributed by atoms with Crippen LogP contribution in [-0.2, 0) is 4.79 Å². The van der Waals surface area contributed by atoms with Crippen LogP contribution < -0.4 is 21.1 Å². The minimum atomic E-state index is -0.665. The smallest absolute Gasteiger partial charge is 0.252 e. The van der Waals surface area contributed by atoms with Gasteiger partial charge in [0.15, 0.2) is 7.85 Å². The molecule has 0 saturated heterocycles. The van der Waals surface area contributed by atoms with Crippen molar-refractivity contribution in [1.29, 1.82) is 10.8 Å². The van der Waals surface area contributed by atoms with Crippen LogP contribution in [0.3, 0.4) is 0 Å². The van der Waals surface area contributed by atoms with Crippen molar-refractivity contribution in [3.05, 3.63) is 71.5 Å². The predicted molar refractivity (Wildman–Crippen MR) is 144 cm³/mol. The normalized spacial score (nSPS) is 17.4. The molecule has 0 radical (unpaired) electrons. The first kappa shape index (κ1) is 24.7. The Morgan fingerprint density at radius 1 is 1.22 bits per heavy atom. The number of aromatic nitrogens is 2. The lowest BCUT2D eigenvalue weighted by atomic mass is 9.92. The minimum Gasteiger partial charge on any atom is -0.508 e. The van der Waals surface area contributed by atoms with Crippen LogP contribution in [0.4, 0.5) is 11.5 Å². The molecule has 1 aliphatic heterocycles. The minimum absolute atomic E-state index is 0.0574. The van der Waals surface area contributed by atoms with Crippen molar-refractivity contribution in [2.75, 3.05) is 23.8 Å². The van der Waals surface area contributed by atoms with Gasteiger partial charge in [0.25, 0.3) is 5.91 Å². The number of anilines is 2. The number of para-hydroxylation sites is 1. The summed E-state index contributed by atoms with van der Waals surface area (Å²) in [4.78, 5) is 28.4. The van der Waals surface area contributed by atoms with Gasteiger partial charge in [-0.15, -0.1) is 0 Å². The number of nitrogens with zero attached hydrogens (tertiary/aromatic N) is 4. The monoisotopic (exact) mass is 482 g/mol. The number of rotatable bonds is 8. The molecule has 4 rings (SSSR count). The molecule has 2 aromatic carbocycles. The van der Waals surface area contributed by atoms with Crippen LogP contribution in [0.25, 0.3) is 0 Å². The van der Waals surface area contributed by atoms with Crippen LogP contribution in [-0.4, -0.2) is 72.3 Å². The first-order valence-electron chi connectivity index (χ1n) is 11.4. The summed E-state index contributed by atoms with van der Waals surface area (Å²) in [6, 6.07) is 12.7. The van der Waals surface area contributed by atoms with E-state index >= 15 is 0 Å². The van der Waals surface area contributed by atoms with E-state index in [1.165, 1.54) is 12.4 Å². The fourth-order valence-electron chi connectivity index (χ4n) is 4.22. The number of phenolic OH excluding ortho intramolecular Hbond substituents is 1. The molecule has 1 aromatic heterocycles. The van der Waals surface area contributed by atoms with Gasteiger partial charge < -0.3 is 21.1 Å². The Morgan fingerprint density at radius 2 is 2.00 bits per heavy atom. The van der Waals surface area contributed by atoms with E-state index in [2.05, 4.69) is 20.6 Å². The quantitative estimate of drug-likeness (QED) is 0.235. The van der Waals surface area contributed by atoms with Crippen molar-refractivity contribution in [2.45, 2.75) is 19.0 Å². The van der Waals surface area contributed by atoms with Crippen molar-refractivity contribution in [2.24, 2.45) is 4.99 Å². The number of aryl methyl sites for hydroxylation is 1. The number of phenols is 1. The number of aromatic hydroxyl groups is 1. The van der Waals surface area contributed by atoms with E-state index in [1.807, 2.05) is 31.2 Å². The van der Waals surface area contributed by atoms with E-state index in [0.29, 0.717) is 34.1 Å². The van der Waals surface area contributed by atoms with Gasteiger partial charge in [-0.3, -0.25) is 25.1 Å². The molecule has 0 aliphatic carbocycles. The van der Waals surface area contributed by atoms with Crippen LogP contribution in [0.15, 0.2) is 59.9 Å². The van der Waals surface area contributed by atoms with Gasteiger partial charge in [-0.2, -0.15) is 0 Å². The molecule has 36 heavy (non-hydrogen) atoms. The number of benzene rings is 2. The first-order valence-corrected chi connectivity index (χ1v) is 11.4. The van der Waals surface area contributed by atoms with Crippen molar-refractivity contribution in [3.8, 4) is 5.75 Å². The zero-order chi connectivity index (χ0) is 25.8. The van der Waals surface area contributed by atoms with Gasteiger partial charge in [-0.25, -0.2) is 4.98 Å². The number of carbonyl (C=O) groups excluding carboxylic acids is 1. The highest BCUT2D eigenvalue weighted by molar-refractivity contribution is 6.37. The lowest BCUT2D eigenvalue weighted by molar-refractivity contribution is -0.119. The number of hydrogen-bond donors (Lipinski definition) is 5. The van der Waals surface area contributed by atoms with Crippen molar-refractivity contribution in [3.63, 3.8) is 0 Å². The second kappa shape index (κ2) is 10.5. The summed E-state index contributed by atoms with van der Waals surface area (Å²) in [5.41, 5.74) is 3.35. The van der Waals surface area contributed by atoms with Gasteiger partial charge in [-0.05, 0) is 37.7 Å². The number of aliphatic imine (C=N–C) groups is 1. The van der Waals surface area contributed by atoms with Gasteiger partial charge in [0.1, 0.15) is 35.8 Å². The van der Waals surface area contributed by atoms with E-state index < -0.39 is 12.1 Å². The highest BCUT2D eigenvalue weighted by atomic mass is 16.3. The molecule has 2 heterocycles. The third-order valence-electron chi connectivity index (χ3n) is 6.06. The summed E-state index contributed by atoms with van der Waals surface area (Å²) >= 11 is 0. The number of amides is 1. The molecule has 5 N–H and O–H groups in total. The Balaban J connectivity index is 1.71. The number of amidine groups is 1. The standard InChI is InChI=1S/C25H27BN8O2/c1-14-6-3-4-9-18(14)34-19(33-17(11-27)22(29-2)25(34)36)12-30-24-20(23(26)31-13-32-24)21(28)15-7-5-8-16(35)10-15/h3-11,13,17,22,27-29,35H,12,26H2,1-2H3,(H,30,31,32). The fourth-order valence-corrected chi connectivity index (χ4v) is 4.22. The number of nitrogens with one attached hydrogen (secondary N) is 4. The lowest BCUT2D eigenvalue weighted by Crippen LogP contribution is -2.59. The Morgan fingerprint density at radius 3 is 2.69 bits per heavy atom. The predicted octanol–water partition coefficient (Wildman–Crippen LogP) is 0.629. The molecule has 182 valence electrons. The van der Waals surface area contributed by atoms with Crippen LogP contribution in [0.5, 0.6) is 5.75 Å². The third kappa shape index (κ3) is 4.73. The molecular formula is C25H27BN8O2. The first-order chi connectivity index (χ1) is 17.3. The average Bonchev–Trinajstić information content (AvgIpc) is 2.87. The summed E-state index contributed by atoms with van der Waals surface area (Å²) in [6.45, 7) is 2.05. The lowest BCUT2D eigenvalue weighted by Gasteiger charge is -2.36. The Labute approximate surface area is 209 Å². The van der Waals surface area contributed by atoms with Gasteiger partial charge in [-0.1, -0.05) is 30.3 Å². The maximum Gasteiger partial charge on any atom is 0.252 e. The van der Waals surface area contributed by atoms with Crippen molar-refractivity contribution < 1.29 is 9.90 Å². The largest absolute Gasteiger partial charge is 0.508 e. The maximum atomic E-state index is 13.5. The van der Waals surface area contributed by atoms with Gasteiger partial charge >= 0.3 is 0 Å². The van der Waals surface area contributed by atoms with Gasteiger partial charge in [0, 0.05) is 17.4 Å². The molecule has 0 fully saturated rings. The molecule has 0 bridgehead atoms. The average molecular weight is 482 g/mol. The summed E-state index contributed by atoms with van der Waals surface area (Å²) in [5, 5.41) is 32.7. The van der Waals surface area contributed by atoms with Gasteiger partial charge in [0.05, 0.1) is 23.5 Å². The topological polar surface area (TPSA) is 150 Å². The van der Waals surface area contributed by atoms with Gasteiger partial charge in [0.2, 0.25) is 0 Å². The zero-order valence-electron chi connectivity index (χ0n) is 20.3. The summed E-state index contributed by atoms with van der Waals surface area (Å²) in [7, 11) is 3.46. The maximum absolute atomic E-state index is 13.5. The van der Waals surface area contributed by atoms with E-state index in [4.69, 9.17) is 15.8 Å². The number of hydrogen-bond acceptors (Lipinski definition) is 9. The van der Waals surface area contributed by atoms with E-state index in [9.17, 15) is 9.90 Å². The summed E-state index contributed by atoms with van der Waals surface area (Å²) in [5.74, 6) is 0.680. The summed E-state index contributed by atoms with van der Waals surface area (Å²) in [6.07, 6.45) is 2.56. The molecule has 2 atom stereocenters. The van der Waals surface area contributed by atoms with Crippen LogP contribution >= 0.6 is 0 Å². The van der Waals surface area contributed by atoms with Crippen LogP contribution in [0.1, 0.15) is 16.7 Å². The molecule has 0 spiro atoms. The molecule has 0 saturated carbocycles. The number of carbonyl (C=O) groups is 1. The van der Waals surface area contributed by atoms with E-state index in [1.54, 1.807) is 38.0 Å².